The molecule has 3 heteroatoms. The maximum absolute atomic E-state index is 12.1. The number of amides is 1. The second kappa shape index (κ2) is 4.34. The van der Waals surface area contributed by atoms with Gasteiger partial charge in [0.1, 0.15) is 0 Å². The van der Waals surface area contributed by atoms with Crippen molar-refractivity contribution in [1.29, 1.82) is 0 Å². The van der Waals surface area contributed by atoms with Gasteiger partial charge in [0.25, 0.3) is 5.91 Å². The van der Waals surface area contributed by atoms with E-state index in [1.54, 1.807) is 12.1 Å². The molecule has 17 heavy (non-hydrogen) atoms. The summed E-state index contributed by atoms with van der Waals surface area (Å²) in [7, 11) is 0. The van der Waals surface area contributed by atoms with Crippen molar-refractivity contribution < 1.29 is 4.79 Å². The average Bonchev–Trinajstić information content (AvgIpc) is 2.91. The van der Waals surface area contributed by atoms with Crippen LogP contribution in [0.4, 0.5) is 0 Å². The number of fused-ring (bicyclic) bond motifs is 2. The maximum Gasteiger partial charge on any atom is 0.251 e. The fourth-order valence-electron chi connectivity index (χ4n) is 3.30. The van der Waals surface area contributed by atoms with E-state index in [2.05, 4.69) is 5.32 Å². The van der Waals surface area contributed by atoms with E-state index in [0.29, 0.717) is 22.5 Å². The molecule has 0 aromatic heterocycles. The first kappa shape index (κ1) is 11.1. The Balaban J connectivity index is 1.68. The van der Waals surface area contributed by atoms with Crippen molar-refractivity contribution in [2.24, 2.45) is 11.8 Å². The van der Waals surface area contributed by atoms with Crippen LogP contribution in [0.25, 0.3) is 0 Å². The van der Waals surface area contributed by atoms with E-state index in [-0.39, 0.29) is 5.91 Å². The Kier molecular flexibility index (Phi) is 2.83. The van der Waals surface area contributed by atoms with Gasteiger partial charge in [-0.3, -0.25) is 4.79 Å². The second-order valence-electron chi connectivity index (χ2n) is 5.27. The molecular formula is C14H16ClNO. The summed E-state index contributed by atoms with van der Waals surface area (Å²) in [6, 6.07) is 7.53. The molecule has 2 aliphatic rings. The molecule has 2 nitrogen and oxygen atoms in total. The minimum Gasteiger partial charge on any atom is -0.349 e. The highest BCUT2D eigenvalue weighted by molar-refractivity contribution is 6.30. The molecule has 0 spiro atoms. The number of benzene rings is 1. The Labute approximate surface area is 106 Å². The van der Waals surface area contributed by atoms with Crippen LogP contribution in [0, 0.1) is 11.8 Å². The summed E-state index contributed by atoms with van der Waals surface area (Å²) in [5, 5.41) is 3.77. The van der Waals surface area contributed by atoms with Crippen molar-refractivity contribution in [1.82, 2.24) is 5.32 Å². The Morgan fingerprint density at radius 1 is 1.29 bits per heavy atom. The molecule has 0 radical (unpaired) electrons. The molecule has 2 aliphatic carbocycles. The van der Waals surface area contributed by atoms with Gasteiger partial charge in [0.05, 0.1) is 0 Å². The van der Waals surface area contributed by atoms with Crippen LogP contribution >= 0.6 is 11.6 Å². The van der Waals surface area contributed by atoms with Crippen molar-refractivity contribution in [3.05, 3.63) is 34.9 Å². The van der Waals surface area contributed by atoms with E-state index in [4.69, 9.17) is 11.6 Å². The highest BCUT2D eigenvalue weighted by Gasteiger charge is 2.40. The normalized spacial score (nSPS) is 30.5. The molecule has 90 valence electrons. The van der Waals surface area contributed by atoms with Gasteiger partial charge in [0.2, 0.25) is 0 Å². The smallest absolute Gasteiger partial charge is 0.251 e. The van der Waals surface area contributed by atoms with Crippen LogP contribution in [0.3, 0.4) is 0 Å². The van der Waals surface area contributed by atoms with Crippen LogP contribution in [0.1, 0.15) is 36.0 Å². The second-order valence-corrected chi connectivity index (χ2v) is 5.70. The zero-order valence-electron chi connectivity index (χ0n) is 9.66. The Morgan fingerprint density at radius 3 is 2.82 bits per heavy atom. The molecule has 3 atom stereocenters. The summed E-state index contributed by atoms with van der Waals surface area (Å²) in [6.45, 7) is 0. The summed E-state index contributed by atoms with van der Waals surface area (Å²) >= 11 is 5.89. The lowest BCUT2D eigenvalue weighted by Gasteiger charge is -2.22. The summed E-state index contributed by atoms with van der Waals surface area (Å²) in [5.74, 6) is 1.58. The number of carbonyl (C=O) groups is 1. The molecule has 1 aromatic carbocycles. The molecule has 1 N–H and O–H groups in total. The van der Waals surface area contributed by atoms with E-state index in [1.807, 2.05) is 12.1 Å². The summed E-state index contributed by atoms with van der Waals surface area (Å²) in [6.07, 6.45) is 5.11. The van der Waals surface area contributed by atoms with Gasteiger partial charge in [-0.1, -0.05) is 24.1 Å². The van der Waals surface area contributed by atoms with Crippen molar-refractivity contribution in [2.75, 3.05) is 0 Å². The maximum atomic E-state index is 12.1. The molecule has 2 saturated carbocycles. The third-order valence-electron chi connectivity index (χ3n) is 4.14. The highest BCUT2D eigenvalue weighted by atomic mass is 35.5. The molecule has 2 fully saturated rings. The molecule has 0 aliphatic heterocycles. The fraction of sp³-hybridized carbons (Fsp3) is 0.500. The number of hydrogen-bond acceptors (Lipinski definition) is 1. The molecule has 0 unspecified atom stereocenters. The van der Waals surface area contributed by atoms with Gasteiger partial charge >= 0.3 is 0 Å². The molecule has 3 rings (SSSR count). The Bertz CT molecular complexity index is 446. The van der Waals surface area contributed by atoms with Crippen LogP contribution < -0.4 is 5.32 Å². The number of halogens is 1. The van der Waals surface area contributed by atoms with Crippen LogP contribution in [0.15, 0.2) is 24.3 Å². The number of nitrogens with one attached hydrogen (secondary N) is 1. The number of hydrogen-bond donors (Lipinski definition) is 1. The topological polar surface area (TPSA) is 29.1 Å². The van der Waals surface area contributed by atoms with Gasteiger partial charge in [0, 0.05) is 16.6 Å². The SMILES string of the molecule is O=C(N[C@@H]1C[C@@H]2CC[C@@H]1C2)c1cccc(Cl)c1. The Morgan fingerprint density at radius 2 is 2.18 bits per heavy atom. The largest absolute Gasteiger partial charge is 0.349 e. The van der Waals surface area contributed by atoms with Gasteiger partial charge in [-0.25, -0.2) is 0 Å². The highest BCUT2D eigenvalue weighted by Crippen LogP contribution is 2.44. The van der Waals surface area contributed by atoms with Gasteiger partial charge in [-0.05, 0) is 49.3 Å². The third-order valence-corrected chi connectivity index (χ3v) is 4.38. The quantitative estimate of drug-likeness (QED) is 0.857. The van der Waals surface area contributed by atoms with E-state index in [1.165, 1.54) is 19.3 Å². The Hall–Kier alpha value is -1.02. The lowest BCUT2D eigenvalue weighted by Crippen LogP contribution is -2.38. The summed E-state index contributed by atoms with van der Waals surface area (Å²) < 4.78 is 0. The predicted molar refractivity (Wildman–Crippen MR) is 68.2 cm³/mol. The predicted octanol–water partition coefficient (Wildman–Crippen LogP) is 3.26. The standard InChI is InChI=1S/C14H16ClNO/c15-12-3-1-2-11(8-12)14(17)16-13-7-9-4-5-10(13)6-9/h1-3,8-10,13H,4-7H2,(H,16,17)/t9-,10-,13-/m1/s1. The van der Waals surface area contributed by atoms with Crippen molar-refractivity contribution >= 4 is 17.5 Å². The fourth-order valence-corrected chi connectivity index (χ4v) is 3.49. The minimum absolute atomic E-state index is 0.0186. The number of carbonyl (C=O) groups excluding carboxylic acids is 1. The molecule has 1 aromatic rings. The molecule has 2 bridgehead atoms. The first-order chi connectivity index (χ1) is 8.22. The number of rotatable bonds is 2. The lowest BCUT2D eigenvalue weighted by atomic mass is 9.95. The van der Waals surface area contributed by atoms with Crippen molar-refractivity contribution in [3.8, 4) is 0 Å². The van der Waals surface area contributed by atoms with Gasteiger partial charge < -0.3 is 5.32 Å². The van der Waals surface area contributed by atoms with E-state index < -0.39 is 0 Å². The van der Waals surface area contributed by atoms with Crippen LogP contribution in [-0.2, 0) is 0 Å². The van der Waals surface area contributed by atoms with Crippen LogP contribution in [0.2, 0.25) is 5.02 Å². The summed E-state index contributed by atoms with van der Waals surface area (Å²) in [5.41, 5.74) is 0.667. The van der Waals surface area contributed by atoms with Gasteiger partial charge in [0.15, 0.2) is 0 Å². The summed E-state index contributed by atoms with van der Waals surface area (Å²) in [4.78, 5) is 12.1. The van der Waals surface area contributed by atoms with E-state index in [9.17, 15) is 4.79 Å². The zero-order valence-corrected chi connectivity index (χ0v) is 10.4. The third kappa shape index (κ3) is 2.19. The van der Waals surface area contributed by atoms with Gasteiger partial charge in [-0.15, -0.1) is 0 Å². The van der Waals surface area contributed by atoms with Gasteiger partial charge in [-0.2, -0.15) is 0 Å². The minimum atomic E-state index is 0.0186. The average molecular weight is 250 g/mol. The zero-order chi connectivity index (χ0) is 11.8. The van der Waals surface area contributed by atoms with E-state index in [0.717, 1.165) is 12.3 Å². The molecule has 1 amide bonds. The van der Waals surface area contributed by atoms with Crippen LogP contribution in [0.5, 0.6) is 0 Å². The van der Waals surface area contributed by atoms with Crippen molar-refractivity contribution in [2.45, 2.75) is 31.7 Å². The molecule has 0 saturated heterocycles. The molecular weight excluding hydrogens is 234 g/mol. The first-order valence-corrected chi connectivity index (χ1v) is 6.66. The van der Waals surface area contributed by atoms with Crippen LogP contribution in [-0.4, -0.2) is 11.9 Å². The first-order valence-electron chi connectivity index (χ1n) is 6.29. The monoisotopic (exact) mass is 249 g/mol. The lowest BCUT2D eigenvalue weighted by molar-refractivity contribution is 0.0923. The van der Waals surface area contributed by atoms with E-state index >= 15 is 0 Å². The van der Waals surface area contributed by atoms with Crippen molar-refractivity contribution in [3.63, 3.8) is 0 Å². The molecule has 0 heterocycles.